The molecule has 1 rings (SSSR count). The van der Waals surface area contributed by atoms with Gasteiger partial charge in [0.05, 0.1) is 0 Å². The van der Waals surface area contributed by atoms with E-state index in [0.717, 1.165) is 38.6 Å². The van der Waals surface area contributed by atoms with Crippen molar-refractivity contribution >= 4 is 10.2 Å². The van der Waals surface area contributed by atoms with E-state index in [0.29, 0.717) is 26.2 Å². The molecule has 0 amide bonds. The normalized spacial score (nSPS) is 19.1. The molecule has 1 heterocycles. The quantitative estimate of drug-likeness (QED) is 0.665. The van der Waals surface area contributed by atoms with E-state index in [2.05, 4.69) is 17.0 Å². The van der Waals surface area contributed by atoms with Gasteiger partial charge in [-0.25, -0.2) is 4.72 Å². The minimum Gasteiger partial charge on any atom is -0.315 e. The monoisotopic (exact) mass is 263 g/mol. The second-order valence-corrected chi connectivity index (χ2v) is 6.22. The molecular weight excluding hydrogens is 238 g/mol. The summed E-state index contributed by atoms with van der Waals surface area (Å²) in [7, 11) is -3.25. The molecule has 0 aromatic heterocycles. The third-order valence-electron chi connectivity index (χ3n) is 2.92. The van der Waals surface area contributed by atoms with Crippen LogP contribution >= 0.6 is 0 Å². The standard InChI is InChI=1S/C11H25N3O2S/c1-2-7-12-8-9-13-17(15,16)14-10-5-3-4-6-11-14/h12-13H,2-11H2,1H3. The molecule has 1 aliphatic rings. The molecule has 0 aromatic carbocycles. The van der Waals surface area contributed by atoms with E-state index >= 15 is 0 Å². The van der Waals surface area contributed by atoms with Crippen molar-refractivity contribution < 1.29 is 8.42 Å². The van der Waals surface area contributed by atoms with Gasteiger partial charge in [-0.15, -0.1) is 0 Å². The Hall–Kier alpha value is -0.170. The molecule has 0 radical (unpaired) electrons. The molecule has 5 nitrogen and oxygen atoms in total. The Balaban J connectivity index is 2.28. The summed E-state index contributed by atoms with van der Waals surface area (Å²) in [5, 5.41) is 3.18. The summed E-state index contributed by atoms with van der Waals surface area (Å²) < 4.78 is 28.2. The third kappa shape index (κ3) is 5.81. The van der Waals surface area contributed by atoms with Gasteiger partial charge >= 0.3 is 0 Å². The van der Waals surface area contributed by atoms with Crippen LogP contribution in [0.3, 0.4) is 0 Å². The second kappa shape index (κ2) is 8.02. The molecule has 1 fully saturated rings. The average Bonchev–Trinajstić information content (AvgIpc) is 2.57. The molecular formula is C11H25N3O2S. The maximum absolute atomic E-state index is 12.0. The van der Waals surface area contributed by atoms with Gasteiger partial charge in [0.1, 0.15) is 0 Å². The first-order valence-corrected chi connectivity index (χ1v) is 8.06. The van der Waals surface area contributed by atoms with Crippen LogP contribution in [0, 0.1) is 0 Å². The maximum atomic E-state index is 12.0. The highest BCUT2D eigenvalue weighted by molar-refractivity contribution is 7.87. The van der Waals surface area contributed by atoms with Crippen LogP contribution < -0.4 is 10.0 Å². The SMILES string of the molecule is CCCNCCNS(=O)(=O)N1CCCCCC1. The first-order chi connectivity index (χ1) is 8.17. The fourth-order valence-corrected chi connectivity index (χ4v) is 3.22. The van der Waals surface area contributed by atoms with Gasteiger partial charge in [0.2, 0.25) is 0 Å². The summed E-state index contributed by atoms with van der Waals surface area (Å²) >= 11 is 0. The summed E-state index contributed by atoms with van der Waals surface area (Å²) in [6.07, 6.45) is 5.32. The lowest BCUT2D eigenvalue weighted by Crippen LogP contribution is -2.43. The van der Waals surface area contributed by atoms with E-state index in [9.17, 15) is 8.42 Å². The molecule has 0 bridgehead atoms. The van der Waals surface area contributed by atoms with Crippen LogP contribution in [0.4, 0.5) is 0 Å². The number of hydrogen-bond acceptors (Lipinski definition) is 3. The van der Waals surface area contributed by atoms with E-state index in [-0.39, 0.29) is 0 Å². The lowest BCUT2D eigenvalue weighted by Gasteiger charge is -2.20. The summed E-state index contributed by atoms with van der Waals surface area (Å²) in [5.74, 6) is 0. The van der Waals surface area contributed by atoms with Crippen molar-refractivity contribution in [3.63, 3.8) is 0 Å². The molecule has 0 saturated carbocycles. The van der Waals surface area contributed by atoms with Crippen LogP contribution in [0.2, 0.25) is 0 Å². The Kier molecular flexibility index (Phi) is 7.03. The highest BCUT2D eigenvalue weighted by Gasteiger charge is 2.21. The zero-order chi connectivity index (χ0) is 12.6. The van der Waals surface area contributed by atoms with Crippen LogP contribution in [0.5, 0.6) is 0 Å². The lowest BCUT2D eigenvalue weighted by molar-refractivity contribution is 0.414. The topological polar surface area (TPSA) is 61.4 Å². The Morgan fingerprint density at radius 3 is 2.24 bits per heavy atom. The van der Waals surface area contributed by atoms with Crippen LogP contribution in [0.1, 0.15) is 39.0 Å². The van der Waals surface area contributed by atoms with Gasteiger partial charge < -0.3 is 5.32 Å². The van der Waals surface area contributed by atoms with Gasteiger partial charge in [-0.05, 0) is 25.8 Å². The van der Waals surface area contributed by atoms with Gasteiger partial charge in [0.25, 0.3) is 10.2 Å². The Morgan fingerprint density at radius 1 is 1.00 bits per heavy atom. The summed E-state index contributed by atoms with van der Waals surface area (Å²) in [5.41, 5.74) is 0. The van der Waals surface area contributed by atoms with Gasteiger partial charge in [-0.1, -0.05) is 19.8 Å². The Morgan fingerprint density at radius 2 is 1.65 bits per heavy atom. The predicted molar refractivity (Wildman–Crippen MR) is 70.1 cm³/mol. The highest BCUT2D eigenvalue weighted by Crippen LogP contribution is 2.11. The Bertz CT molecular complexity index is 285. The van der Waals surface area contributed by atoms with E-state index in [1.807, 2.05) is 0 Å². The molecule has 0 atom stereocenters. The van der Waals surface area contributed by atoms with Crippen LogP contribution in [0.25, 0.3) is 0 Å². The zero-order valence-corrected chi connectivity index (χ0v) is 11.6. The van der Waals surface area contributed by atoms with Crippen molar-refractivity contribution in [2.75, 3.05) is 32.7 Å². The number of nitrogens with zero attached hydrogens (tertiary/aromatic N) is 1. The molecule has 2 N–H and O–H groups in total. The fraction of sp³-hybridized carbons (Fsp3) is 1.00. The summed E-state index contributed by atoms with van der Waals surface area (Å²) in [6.45, 7) is 5.52. The first-order valence-electron chi connectivity index (χ1n) is 6.62. The van der Waals surface area contributed by atoms with Gasteiger partial charge in [-0.3, -0.25) is 0 Å². The second-order valence-electron chi connectivity index (χ2n) is 4.46. The minimum atomic E-state index is -3.25. The van der Waals surface area contributed by atoms with Crippen molar-refractivity contribution in [2.24, 2.45) is 0 Å². The van der Waals surface area contributed by atoms with Gasteiger partial charge in [0, 0.05) is 26.2 Å². The number of rotatable bonds is 7. The van der Waals surface area contributed by atoms with E-state index < -0.39 is 10.2 Å². The summed E-state index contributed by atoms with van der Waals surface area (Å²) in [4.78, 5) is 0. The largest absolute Gasteiger partial charge is 0.315 e. The van der Waals surface area contributed by atoms with Gasteiger partial charge in [0.15, 0.2) is 0 Å². The number of nitrogens with one attached hydrogen (secondary N) is 2. The molecule has 6 heteroatoms. The maximum Gasteiger partial charge on any atom is 0.279 e. The molecule has 0 unspecified atom stereocenters. The van der Waals surface area contributed by atoms with Crippen LogP contribution in [-0.2, 0) is 10.2 Å². The molecule has 0 aliphatic carbocycles. The molecule has 1 aliphatic heterocycles. The minimum absolute atomic E-state index is 0.471. The van der Waals surface area contributed by atoms with Gasteiger partial charge in [-0.2, -0.15) is 12.7 Å². The fourth-order valence-electron chi connectivity index (χ4n) is 1.94. The molecule has 102 valence electrons. The van der Waals surface area contributed by atoms with Crippen LogP contribution in [0.15, 0.2) is 0 Å². The summed E-state index contributed by atoms with van der Waals surface area (Å²) in [6, 6.07) is 0. The smallest absolute Gasteiger partial charge is 0.279 e. The van der Waals surface area contributed by atoms with E-state index in [1.54, 1.807) is 4.31 Å². The molecule has 17 heavy (non-hydrogen) atoms. The molecule has 0 spiro atoms. The van der Waals surface area contributed by atoms with Crippen molar-refractivity contribution in [2.45, 2.75) is 39.0 Å². The van der Waals surface area contributed by atoms with E-state index in [4.69, 9.17) is 0 Å². The lowest BCUT2D eigenvalue weighted by atomic mass is 10.2. The van der Waals surface area contributed by atoms with Crippen molar-refractivity contribution in [1.82, 2.24) is 14.3 Å². The molecule has 0 aromatic rings. The zero-order valence-electron chi connectivity index (χ0n) is 10.7. The highest BCUT2D eigenvalue weighted by atomic mass is 32.2. The predicted octanol–water partition coefficient (Wildman–Crippen LogP) is 0.696. The van der Waals surface area contributed by atoms with Crippen LogP contribution in [-0.4, -0.2) is 45.4 Å². The first kappa shape index (κ1) is 14.9. The average molecular weight is 263 g/mol. The van der Waals surface area contributed by atoms with Crippen molar-refractivity contribution in [1.29, 1.82) is 0 Å². The Labute approximate surface area is 105 Å². The van der Waals surface area contributed by atoms with E-state index in [1.165, 1.54) is 0 Å². The van der Waals surface area contributed by atoms with Crippen molar-refractivity contribution in [3.05, 3.63) is 0 Å². The third-order valence-corrected chi connectivity index (χ3v) is 4.53. The van der Waals surface area contributed by atoms with Crippen molar-refractivity contribution in [3.8, 4) is 0 Å². The number of hydrogen-bond donors (Lipinski definition) is 2. The molecule has 1 saturated heterocycles.